The van der Waals surface area contributed by atoms with Crippen molar-refractivity contribution in [2.24, 2.45) is 5.92 Å². The van der Waals surface area contributed by atoms with Crippen LogP contribution in [0.25, 0.3) is 5.57 Å². The standard InChI is InChI=1S/C15H16O2/c1-2-14-11-8-13(16)15(12(11)9-17-14)10-6-4-3-5-7-10/h3-7,11,14H,2,8-9H2,1H3/t11-,14+/m0/s1. The Hall–Kier alpha value is -1.41. The van der Waals surface area contributed by atoms with Crippen LogP contribution in [0.1, 0.15) is 25.3 Å². The van der Waals surface area contributed by atoms with Gasteiger partial charge < -0.3 is 4.74 Å². The molecular weight excluding hydrogens is 212 g/mol. The Bertz CT molecular complexity index is 473. The van der Waals surface area contributed by atoms with Crippen LogP contribution in [0.15, 0.2) is 35.9 Å². The maximum absolute atomic E-state index is 12.1. The summed E-state index contributed by atoms with van der Waals surface area (Å²) in [5.41, 5.74) is 3.20. The molecule has 1 aliphatic heterocycles. The highest BCUT2D eigenvalue weighted by Crippen LogP contribution is 2.43. The predicted molar refractivity (Wildman–Crippen MR) is 66.5 cm³/mol. The average Bonchev–Trinajstić information content (AvgIpc) is 2.87. The van der Waals surface area contributed by atoms with Crippen molar-refractivity contribution in [3.63, 3.8) is 0 Å². The van der Waals surface area contributed by atoms with Gasteiger partial charge in [-0.1, -0.05) is 37.3 Å². The van der Waals surface area contributed by atoms with Crippen LogP contribution in [0, 0.1) is 5.92 Å². The van der Waals surface area contributed by atoms with Crippen LogP contribution in [-0.2, 0) is 9.53 Å². The molecule has 2 nitrogen and oxygen atoms in total. The van der Waals surface area contributed by atoms with Gasteiger partial charge in [0.05, 0.1) is 12.7 Å². The highest BCUT2D eigenvalue weighted by atomic mass is 16.5. The second-order valence-corrected chi connectivity index (χ2v) is 4.76. The fraction of sp³-hybridized carbons (Fsp3) is 0.400. The van der Waals surface area contributed by atoms with Crippen molar-refractivity contribution in [1.29, 1.82) is 0 Å². The van der Waals surface area contributed by atoms with E-state index in [0.717, 1.165) is 17.6 Å². The average molecular weight is 228 g/mol. The van der Waals surface area contributed by atoms with Gasteiger partial charge in [-0.3, -0.25) is 4.79 Å². The second-order valence-electron chi connectivity index (χ2n) is 4.76. The molecular formula is C15H16O2. The number of Topliss-reactive ketones (excluding diaryl/α,β-unsaturated/α-hetero) is 1. The number of carbonyl (C=O) groups is 1. The molecule has 3 rings (SSSR count). The molecule has 1 aromatic carbocycles. The van der Waals surface area contributed by atoms with Gasteiger partial charge in [-0.25, -0.2) is 0 Å². The van der Waals surface area contributed by atoms with E-state index in [0.29, 0.717) is 18.9 Å². The van der Waals surface area contributed by atoms with Crippen molar-refractivity contribution >= 4 is 11.4 Å². The molecule has 0 spiro atoms. The number of ketones is 1. The molecule has 1 aliphatic carbocycles. The van der Waals surface area contributed by atoms with E-state index in [-0.39, 0.29) is 11.9 Å². The summed E-state index contributed by atoms with van der Waals surface area (Å²) in [5.74, 6) is 0.626. The number of hydrogen-bond donors (Lipinski definition) is 0. The molecule has 0 N–H and O–H groups in total. The van der Waals surface area contributed by atoms with Gasteiger partial charge in [0, 0.05) is 17.9 Å². The third-order valence-electron chi connectivity index (χ3n) is 3.82. The molecule has 0 aromatic heterocycles. The first-order valence-corrected chi connectivity index (χ1v) is 6.24. The molecule has 2 atom stereocenters. The molecule has 2 aliphatic rings. The first-order valence-electron chi connectivity index (χ1n) is 6.24. The number of benzene rings is 1. The molecule has 0 unspecified atom stereocenters. The normalized spacial score (nSPS) is 27.7. The monoisotopic (exact) mass is 228 g/mol. The summed E-state index contributed by atoms with van der Waals surface area (Å²) >= 11 is 0. The molecule has 1 saturated heterocycles. The summed E-state index contributed by atoms with van der Waals surface area (Å²) < 4.78 is 5.76. The Morgan fingerprint density at radius 3 is 2.76 bits per heavy atom. The van der Waals surface area contributed by atoms with E-state index in [1.807, 2.05) is 30.3 Å². The molecule has 2 heteroatoms. The lowest BCUT2D eigenvalue weighted by atomic mass is 9.95. The van der Waals surface area contributed by atoms with Crippen LogP contribution in [-0.4, -0.2) is 18.5 Å². The predicted octanol–water partition coefficient (Wildman–Crippen LogP) is 2.84. The van der Waals surface area contributed by atoms with Crippen LogP contribution in [0.2, 0.25) is 0 Å². The summed E-state index contributed by atoms with van der Waals surface area (Å²) in [4.78, 5) is 12.1. The van der Waals surface area contributed by atoms with Gasteiger partial charge in [-0.15, -0.1) is 0 Å². The largest absolute Gasteiger partial charge is 0.373 e. The van der Waals surface area contributed by atoms with Gasteiger partial charge >= 0.3 is 0 Å². The summed E-state index contributed by atoms with van der Waals surface area (Å²) in [6.07, 6.45) is 1.87. The molecule has 1 aromatic rings. The Morgan fingerprint density at radius 1 is 1.29 bits per heavy atom. The molecule has 88 valence electrons. The zero-order valence-electron chi connectivity index (χ0n) is 9.98. The number of ether oxygens (including phenoxy) is 1. The number of rotatable bonds is 2. The minimum atomic E-state index is 0.246. The number of hydrogen-bond acceptors (Lipinski definition) is 2. The SMILES string of the molecule is CC[C@H]1OCC2=C(c3ccccc3)C(=O)C[C@@H]21. The molecule has 17 heavy (non-hydrogen) atoms. The Morgan fingerprint density at radius 2 is 2.06 bits per heavy atom. The van der Waals surface area contributed by atoms with Crippen LogP contribution < -0.4 is 0 Å². The van der Waals surface area contributed by atoms with E-state index in [4.69, 9.17) is 4.74 Å². The first kappa shape index (κ1) is 10.7. The fourth-order valence-corrected chi connectivity index (χ4v) is 2.99. The Balaban J connectivity index is 2.04. The minimum Gasteiger partial charge on any atom is -0.373 e. The number of fused-ring (bicyclic) bond motifs is 1. The van der Waals surface area contributed by atoms with E-state index < -0.39 is 0 Å². The van der Waals surface area contributed by atoms with E-state index in [1.165, 1.54) is 5.57 Å². The van der Waals surface area contributed by atoms with Crippen LogP contribution >= 0.6 is 0 Å². The first-order chi connectivity index (χ1) is 8.31. The van der Waals surface area contributed by atoms with Gasteiger partial charge in [-0.05, 0) is 17.6 Å². The molecule has 0 amide bonds. The van der Waals surface area contributed by atoms with Crippen molar-refractivity contribution in [2.45, 2.75) is 25.9 Å². The third kappa shape index (κ3) is 1.64. The van der Waals surface area contributed by atoms with Crippen molar-refractivity contribution in [1.82, 2.24) is 0 Å². The highest BCUT2D eigenvalue weighted by Gasteiger charge is 2.41. The third-order valence-corrected chi connectivity index (χ3v) is 3.82. The van der Waals surface area contributed by atoms with Gasteiger partial charge in [0.1, 0.15) is 0 Å². The number of carbonyl (C=O) groups excluding carboxylic acids is 1. The van der Waals surface area contributed by atoms with Crippen LogP contribution in [0.5, 0.6) is 0 Å². The zero-order valence-corrected chi connectivity index (χ0v) is 9.98. The Kier molecular flexibility index (Phi) is 2.60. The summed E-state index contributed by atoms with van der Waals surface area (Å²) in [6.45, 7) is 2.76. The lowest BCUT2D eigenvalue weighted by molar-refractivity contribution is -0.114. The summed E-state index contributed by atoms with van der Waals surface area (Å²) in [5, 5.41) is 0. The van der Waals surface area contributed by atoms with Gasteiger partial charge in [0.25, 0.3) is 0 Å². The number of allylic oxidation sites excluding steroid dienone is 1. The highest BCUT2D eigenvalue weighted by molar-refractivity contribution is 6.24. The summed E-state index contributed by atoms with van der Waals surface area (Å²) in [6, 6.07) is 9.97. The van der Waals surface area contributed by atoms with E-state index in [2.05, 4.69) is 6.92 Å². The van der Waals surface area contributed by atoms with Gasteiger partial charge in [-0.2, -0.15) is 0 Å². The van der Waals surface area contributed by atoms with Gasteiger partial charge in [0.15, 0.2) is 5.78 Å². The quantitative estimate of drug-likeness (QED) is 0.778. The van der Waals surface area contributed by atoms with Crippen molar-refractivity contribution in [3.8, 4) is 0 Å². The van der Waals surface area contributed by atoms with E-state index in [9.17, 15) is 4.79 Å². The van der Waals surface area contributed by atoms with E-state index in [1.54, 1.807) is 0 Å². The molecule has 1 heterocycles. The smallest absolute Gasteiger partial charge is 0.164 e. The van der Waals surface area contributed by atoms with E-state index >= 15 is 0 Å². The topological polar surface area (TPSA) is 26.3 Å². The van der Waals surface area contributed by atoms with Crippen molar-refractivity contribution < 1.29 is 9.53 Å². The van der Waals surface area contributed by atoms with Crippen molar-refractivity contribution in [3.05, 3.63) is 41.5 Å². The molecule has 0 bridgehead atoms. The lowest BCUT2D eigenvalue weighted by Crippen LogP contribution is -2.14. The van der Waals surface area contributed by atoms with Crippen LogP contribution in [0.3, 0.4) is 0 Å². The Labute approximate surface area is 101 Å². The van der Waals surface area contributed by atoms with Gasteiger partial charge in [0.2, 0.25) is 0 Å². The molecule has 0 radical (unpaired) electrons. The second kappa shape index (κ2) is 4.11. The molecule has 1 fully saturated rings. The lowest BCUT2D eigenvalue weighted by Gasteiger charge is -2.11. The minimum absolute atomic E-state index is 0.246. The molecule has 0 saturated carbocycles. The maximum atomic E-state index is 12.1. The zero-order chi connectivity index (χ0) is 11.8. The van der Waals surface area contributed by atoms with Crippen molar-refractivity contribution in [2.75, 3.05) is 6.61 Å². The van der Waals surface area contributed by atoms with Crippen LogP contribution in [0.4, 0.5) is 0 Å². The maximum Gasteiger partial charge on any atom is 0.164 e. The fourth-order valence-electron chi connectivity index (χ4n) is 2.99. The summed E-state index contributed by atoms with van der Waals surface area (Å²) in [7, 11) is 0.